The fraction of sp³-hybridized carbons (Fsp3) is 0.812. The predicted octanol–water partition coefficient (Wildman–Crippen LogP) is 3.91. The molecule has 1 aromatic rings. The summed E-state index contributed by atoms with van der Waals surface area (Å²) in [6, 6.07) is 0. The summed E-state index contributed by atoms with van der Waals surface area (Å²) < 4.78 is 11.3. The molecular weight excluding hydrogens is 252 g/mol. The minimum absolute atomic E-state index is 0.0783. The highest BCUT2D eigenvalue weighted by Gasteiger charge is 2.28. The fourth-order valence-corrected chi connectivity index (χ4v) is 2.41. The van der Waals surface area contributed by atoms with E-state index in [0.717, 1.165) is 18.5 Å². The lowest BCUT2D eigenvalue weighted by atomic mass is 9.76. The van der Waals surface area contributed by atoms with Gasteiger partial charge in [-0.3, -0.25) is 0 Å². The van der Waals surface area contributed by atoms with Gasteiger partial charge in [-0.2, -0.15) is 4.98 Å². The second kappa shape index (κ2) is 5.76. The standard InChI is InChI=1S/C16H28N2O2/c1-15(2,3)17-10-12-11-19-14(18-12)20-13-6-8-16(4,5)9-7-13/h11,13,17H,6-10H2,1-5H3. The fourth-order valence-electron chi connectivity index (χ4n) is 2.41. The Hall–Kier alpha value is -1.03. The Morgan fingerprint density at radius 3 is 2.60 bits per heavy atom. The predicted molar refractivity (Wildman–Crippen MR) is 79.8 cm³/mol. The number of nitrogens with zero attached hydrogens (tertiary/aromatic N) is 1. The van der Waals surface area contributed by atoms with Gasteiger partial charge in [0.05, 0.1) is 5.69 Å². The van der Waals surface area contributed by atoms with Crippen molar-refractivity contribution >= 4 is 0 Å². The summed E-state index contributed by atoms with van der Waals surface area (Å²) in [5.41, 5.74) is 1.43. The van der Waals surface area contributed by atoms with Crippen LogP contribution in [0.4, 0.5) is 0 Å². The average molecular weight is 280 g/mol. The van der Waals surface area contributed by atoms with Crippen LogP contribution in [0.15, 0.2) is 10.7 Å². The van der Waals surface area contributed by atoms with Crippen LogP contribution in [0.1, 0.15) is 66.0 Å². The molecule has 1 aliphatic carbocycles. The molecule has 4 heteroatoms. The lowest BCUT2D eigenvalue weighted by Crippen LogP contribution is -2.35. The van der Waals surface area contributed by atoms with Gasteiger partial charge < -0.3 is 14.5 Å². The second-order valence-corrected chi connectivity index (χ2v) is 7.69. The van der Waals surface area contributed by atoms with Crippen LogP contribution in [0, 0.1) is 5.41 Å². The molecule has 1 fully saturated rings. The summed E-state index contributed by atoms with van der Waals surface area (Å²) in [7, 11) is 0. The van der Waals surface area contributed by atoms with Gasteiger partial charge >= 0.3 is 6.08 Å². The smallest absolute Gasteiger partial charge is 0.394 e. The first-order valence-electron chi connectivity index (χ1n) is 7.60. The molecule has 1 aromatic heterocycles. The Balaban J connectivity index is 1.81. The van der Waals surface area contributed by atoms with Crippen molar-refractivity contribution < 1.29 is 9.15 Å². The maximum Gasteiger partial charge on any atom is 0.394 e. The third-order valence-electron chi connectivity index (χ3n) is 3.88. The van der Waals surface area contributed by atoms with Gasteiger partial charge in [0.2, 0.25) is 0 Å². The number of ether oxygens (including phenoxy) is 1. The zero-order valence-electron chi connectivity index (χ0n) is 13.5. The molecule has 1 N–H and O–H groups in total. The molecule has 20 heavy (non-hydrogen) atoms. The minimum Gasteiger partial charge on any atom is -0.447 e. The summed E-state index contributed by atoms with van der Waals surface area (Å²) in [6.07, 6.45) is 6.94. The molecule has 0 aromatic carbocycles. The number of rotatable bonds is 4. The molecule has 1 saturated carbocycles. The molecule has 0 saturated heterocycles. The molecule has 0 spiro atoms. The van der Waals surface area contributed by atoms with E-state index >= 15 is 0 Å². The first-order chi connectivity index (χ1) is 9.23. The Morgan fingerprint density at radius 1 is 1.35 bits per heavy atom. The number of hydrogen-bond acceptors (Lipinski definition) is 4. The van der Waals surface area contributed by atoms with Gasteiger partial charge in [0.25, 0.3) is 0 Å². The first kappa shape index (κ1) is 15.4. The van der Waals surface area contributed by atoms with Gasteiger partial charge in [-0.15, -0.1) is 0 Å². The van der Waals surface area contributed by atoms with Crippen LogP contribution in [-0.4, -0.2) is 16.6 Å². The zero-order valence-corrected chi connectivity index (χ0v) is 13.5. The number of hydrogen-bond donors (Lipinski definition) is 1. The zero-order chi connectivity index (χ0) is 14.8. The van der Waals surface area contributed by atoms with Crippen molar-refractivity contribution in [3.8, 4) is 6.08 Å². The van der Waals surface area contributed by atoms with Crippen LogP contribution in [0.3, 0.4) is 0 Å². The number of oxazole rings is 1. The van der Waals surface area contributed by atoms with E-state index in [0.29, 0.717) is 18.0 Å². The van der Waals surface area contributed by atoms with E-state index in [4.69, 9.17) is 9.15 Å². The Kier molecular flexibility index (Phi) is 4.43. The van der Waals surface area contributed by atoms with E-state index in [2.05, 4.69) is 44.9 Å². The molecule has 2 rings (SSSR count). The van der Waals surface area contributed by atoms with Gasteiger partial charge in [-0.05, 0) is 51.9 Å². The average Bonchev–Trinajstić information content (AvgIpc) is 2.76. The Morgan fingerprint density at radius 2 is 2.00 bits per heavy atom. The van der Waals surface area contributed by atoms with Gasteiger partial charge in [-0.1, -0.05) is 13.8 Å². The van der Waals surface area contributed by atoms with Crippen molar-refractivity contribution in [1.82, 2.24) is 10.3 Å². The van der Waals surface area contributed by atoms with E-state index in [9.17, 15) is 0 Å². The van der Waals surface area contributed by atoms with Gasteiger partial charge in [0, 0.05) is 12.1 Å². The van der Waals surface area contributed by atoms with E-state index in [1.807, 2.05) is 0 Å². The van der Waals surface area contributed by atoms with Crippen molar-refractivity contribution in [3.63, 3.8) is 0 Å². The second-order valence-electron chi connectivity index (χ2n) is 7.69. The molecule has 114 valence electrons. The monoisotopic (exact) mass is 280 g/mol. The number of aromatic nitrogens is 1. The summed E-state index contributed by atoms with van der Waals surface area (Å²) in [6.45, 7) is 11.8. The highest BCUT2D eigenvalue weighted by Crippen LogP contribution is 2.36. The molecule has 0 amide bonds. The topological polar surface area (TPSA) is 47.3 Å². The molecule has 0 bridgehead atoms. The minimum atomic E-state index is 0.0783. The summed E-state index contributed by atoms with van der Waals surface area (Å²) in [5.74, 6) is 0. The van der Waals surface area contributed by atoms with Crippen LogP contribution in [0.2, 0.25) is 0 Å². The summed E-state index contributed by atoms with van der Waals surface area (Å²) >= 11 is 0. The van der Waals surface area contributed by atoms with E-state index < -0.39 is 0 Å². The lowest BCUT2D eigenvalue weighted by Gasteiger charge is -2.33. The first-order valence-corrected chi connectivity index (χ1v) is 7.60. The molecule has 0 radical (unpaired) electrons. The highest BCUT2D eigenvalue weighted by molar-refractivity contribution is 5.01. The van der Waals surface area contributed by atoms with E-state index in [-0.39, 0.29) is 11.6 Å². The molecule has 0 unspecified atom stereocenters. The van der Waals surface area contributed by atoms with Crippen molar-refractivity contribution in [2.75, 3.05) is 0 Å². The molecule has 1 aliphatic rings. The molecule has 1 heterocycles. The molecular formula is C16H28N2O2. The molecule has 0 atom stereocenters. The van der Waals surface area contributed by atoms with E-state index in [1.54, 1.807) is 6.26 Å². The third kappa shape index (κ3) is 4.82. The largest absolute Gasteiger partial charge is 0.447 e. The molecule has 4 nitrogen and oxygen atoms in total. The molecule has 0 aliphatic heterocycles. The lowest BCUT2D eigenvalue weighted by molar-refractivity contribution is 0.0726. The SMILES string of the molecule is CC1(C)CCC(Oc2nc(CNC(C)(C)C)co2)CC1. The van der Waals surface area contributed by atoms with Gasteiger partial charge in [-0.25, -0.2) is 0 Å². The Bertz CT molecular complexity index is 422. The van der Waals surface area contributed by atoms with Crippen molar-refractivity contribution in [1.29, 1.82) is 0 Å². The van der Waals surface area contributed by atoms with Gasteiger partial charge in [0.15, 0.2) is 0 Å². The summed E-state index contributed by atoms with van der Waals surface area (Å²) in [4.78, 5) is 4.39. The highest BCUT2D eigenvalue weighted by atomic mass is 16.6. The van der Waals surface area contributed by atoms with Crippen molar-refractivity contribution in [3.05, 3.63) is 12.0 Å². The normalized spacial score (nSPS) is 20.1. The maximum atomic E-state index is 5.86. The Labute approximate surface area is 122 Å². The maximum absolute atomic E-state index is 5.86. The number of nitrogens with one attached hydrogen (secondary N) is 1. The van der Waals surface area contributed by atoms with Crippen molar-refractivity contribution in [2.24, 2.45) is 5.41 Å². The summed E-state index contributed by atoms with van der Waals surface area (Å²) in [5, 5.41) is 3.39. The van der Waals surface area contributed by atoms with Crippen LogP contribution in [0.25, 0.3) is 0 Å². The van der Waals surface area contributed by atoms with Crippen molar-refractivity contribution in [2.45, 2.75) is 78.5 Å². The van der Waals surface area contributed by atoms with Crippen LogP contribution in [-0.2, 0) is 6.54 Å². The van der Waals surface area contributed by atoms with E-state index in [1.165, 1.54) is 12.8 Å². The van der Waals surface area contributed by atoms with Crippen LogP contribution < -0.4 is 10.1 Å². The van der Waals surface area contributed by atoms with Crippen LogP contribution >= 0.6 is 0 Å². The third-order valence-corrected chi connectivity index (χ3v) is 3.88. The van der Waals surface area contributed by atoms with Crippen LogP contribution in [0.5, 0.6) is 6.08 Å². The quantitative estimate of drug-likeness (QED) is 0.908. The van der Waals surface area contributed by atoms with Gasteiger partial charge in [0.1, 0.15) is 12.4 Å².